The zero-order valence-corrected chi connectivity index (χ0v) is 43.0. The van der Waals surface area contributed by atoms with E-state index in [1.165, 1.54) is 128 Å². The summed E-state index contributed by atoms with van der Waals surface area (Å²) in [6.07, 6.45) is 38.8. The van der Waals surface area contributed by atoms with Crippen molar-refractivity contribution < 1.29 is 29.3 Å². The van der Waals surface area contributed by atoms with E-state index in [4.69, 9.17) is 20.9 Å². The van der Waals surface area contributed by atoms with Crippen molar-refractivity contribution in [3.8, 4) is 0 Å². The lowest BCUT2D eigenvalue weighted by molar-refractivity contribution is -0.151. The van der Waals surface area contributed by atoms with Crippen molar-refractivity contribution in [1.82, 2.24) is 9.80 Å². The lowest BCUT2D eigenvalue weighted by atomic mass is 10.0. The second kappa shape index (κ2) is 48.2. The summed E-state index contributed by atoms with van der Waals surface area (Å²) in [5.74, 6) is -0.133. The molecule has 0 rings (SSSR count). The van der Waals surface area contributed by atoms with Gasteiger partial charge in [0.05, 0.1) is 12.2 Å². The smallest absolute Gasteiger partial charge is 0.306 e. The molecule has 0 aliphatic carbocycles. The Labute approximate surface area is 396 Å². The van der Waals surface area contributed by atoms with Gasteiger partial charge in [-0.05, 0) is 116 Å². The van der Waals surface area contributed by atoms with Crippen molar-refractivity contribution in [1.29, 1.82) is 0 Å². The van der Waals surface area contributed by atoms with E-state index >= 15 is 0 Å². The van der Waals surface area contributed by atoms with Crippen molar-refractivity contribution in [2.75, 3.05) is 52.4 Å². The number of ether oxygens (including phenoxy) is 2. The van der Waals surface area contributed by atoms with Crippen LogP contribution in [0.15, 0.2) is 0 Å². The Hall–Kier alpha value is -1.30. The van der Waals surface area contributed by atoms with Gasteiger partial charge in [0.2, 0.25) is 0 Å². The summed E-state index contributed by atoms with van der Waals surface area (Å²) in [6.45, 7) is 13.7. The Morgan fingerprint density at radius 2 is 0.641 bits per heavy atom. The quantitative estimate of drug-likeness (QED) is 0.0343. The molecule has 10 nitrogen and oxygen atoms in total. The summed E-state index contributed by atoms with van der Waals surface area (Å²) >= 11 is 0. The predicted octanol–water partition coefficient (Wildman–Crippen LogP) is 12.2. The average Bonchev–Trinajstić information content (AvgIpc) is 3.29. The summed E-state index contributed by atoms with van der Waals surface area (Å²) in [4.78, 5) is 30.6. The molecule has 0 radical (unpaired) electrons. The molecule has 10 heteroatoms. The average molecular weight is 911 g/mol. The first kappa shape index (κ1) is 62.7. The normalized spacial score (nSPS) is 12.9. The highest BCUT2D eigenvalue weighted by Gasteiger charge is 2.18. The summed E-state index contributed by atoms with van der Waals surface area (Å²) in [7, 11) is 0. The number of esters is 2. The monoisotopic (exact) mass is 911 g/mol. The zero-order chi connectivity index (χ0) is 47.1. The van der Waals surface area contributed by atoms with Crippen LogP contribution in [0, 0.1) is 0 Å². The minimum atomic E-state index is -0.584. The van der Waals surface area contributed by atoms with Crippen LogP contribution in [0.5, 0.6) is 0 Å². The van der Waals surface area contributed by atoms with Crippen molar-refractivity contribution in [3.63, 3.8) is 0 Å². The van der Waals surface area contributed by atoms with Crippen molar-refractivity contribution in [2.45, 2.75) is 283 Å². The molecule has 0 aromatic rings. The van der Waals surface area contributed by atoms with E-state index in [2.05, 4.69) is 37.5 Å². The van der Waals surface area contributed by atoms with Crippen LogP contribution < -0.4 is 11.5 Å². The third kappa shape index (κ3) is 42.1. The summed E-state index contributed by atoms with van der Waals surface area (Å²) in [6, 6.07) is 0. The van der Waals surface area contributed by atoms with E-state index in [1.54, 1.807) is 0 Å². The molecule has 0 amide bonds. The summed E-state index contributed by atoms with van der Waals surface area (Å²) < 4.78 is 12.2. The number of hydrogen-bond donors (Lipinski definition) is 4. The van der Waals surface area contributed by atoms with E-state index in [0.717, 1.165) is 116 Å². The van der Waals surface area contributed by atoms with Crippen molar-refractivity contribution in [2.24, 2.45) is 11.5 Å². The Kier molecular flexibility index (Phi) is 47.2. The van der Waals surface area contributed by atoms with Gasteiger partial charge in [-0.2, -0.15) is 0 Å². The number of aliphatic hydroxyl groups is 2. The number of nitrogens with two attached hydrogens (primary N) is 2. The first-order chi connectivity index (χ1) is 31.2. The van der Waals surface area contributed by atoms with Gasteiger partial charge in [-0.15, -0.1) is 0 Å². The zero-order valence-electron chi connectivity index (χ0n) is 43.0. The SMILES string of the molecule is CCCCCCCCC(CCCCCCCC)OC(=O)CCCCN(CCCCN(CCCCC(=O)OC(CCCCCCCC)CCCCCCCC)CC(O)CN)CC(O)CN. The van der Waals surface area contributed by atoms with Gasteiger partial charge in [0, 0.05) is 39.0 Å². The first-order valence-electron chi connectivity index (χ1n) is 27.8. The van der Waals surface area contributed by atoms with Crippen LogP contribution in [-0.4, -0.2) is 109 Å². The third-order valence-electron chi connectivity index (χ3n) is 13.0. The minimum Gasteiger partial charge on any atom is -0.462 e. The van der Waals surface area contributed by atoms with E-state index in [0.29, 0.717) is 25.9 Å². The van der Waals surface area contributed by atoms with Gasteiger partial charge < -0.3 is 41.0 Å². The molecule has 0 aliphatic heterocycles. The Bertz CT molecular complexity index is 883. The molecule has 382 valence electrons. The van der Waals surface area contributed by atoms with E-state index < -0.39 is 12.2 Å². The molecule has 0 aliphatic rings. The maximum atomic E-state index is 13.0. The minimum absolute atomic E-state index is 0.0416. The topological polar surface area (TPSA) is 152 Å². The van der Waals surface area contributed by atoms with Gasteiger partial charge in [0.25, 0.3) is 0 Å². The number of rotatable bonds is 51. The van der Waals surface area contributed by atoms with Crippen LogP contribution in [0.1, 0.15) is 259 Å². The fourth-order valence-electron chi connectivity index (χ4n) is 8.84. The lowest BCUT2D eigenvalue weighted by Gasteiger charge is -2.27. The number of unbranched alkanes of at least 4 members (excludes halogenated alkanes) is 23. The summed E-state index contributed by atoms with van der Waals surface area (Å²) in [5.41, 5.74) is 11.6. The fourth-order valence-corrected chi connectivity index (χ4v) is 8.84. The third-order valence-corrected chi connectivity index (χ3v) is 13.0. The van der Waals surface area contributed by atoms with Crippen LogP contribution >= 0.6 is 0 Å². The molecule has 2 atom stereocenters. The number of carbonyl (C=O) groups is 2. The summed E-state index contributed by atoms with van der Waals surface area (Å²) in [5, 5.41) is 20.9. The number of hydrogen-bond acceptors (Lipinski definition) is 10. The molecule has 0 saturated heterocycles. The Morgan fingerprint density at radius 1 is 0.391 bits per heavy atom. The van der Waals surface area contributed by atoms with E-state index in [-0.39, 0.29) is 37.2 Å². The van der Waals surface area contributed by atoms with Gasteiger partial charge in [0.15, 0.2) is 0 Å². The Morgan fingerprint density at radius 3 is 0.906 bits per heavy atom. The predicted molar refractivity (Wildman–Crippen MR) is 272 cm³/mol. The van der Waals surface area contributed by atoms with Crippen LogP contribution in [0.25, 0.3) is 0 Å². The molecule has 2 unspecified atom stereocenters. The number of nitrogens with zero attached hydrogens (tertiary/aromatic N) is 2. The maximum absolute atomic E-state index is 13.0. The van der Waals surface area contributed by atoms with E-state index in [9.17, 15) is 19.8 Å². The molecule has 0 fully saturated rings. The second-order valence-electron chi connectivity index (χ2n) is 19.5. The molecule has 0 saturated carbocycles. The molecule has 0 spiro atoms. The molecule has 0 bridgehead atoms. The van der Waals surface area contributed by atoms with Crippen LogP contribution in [0.2, 0.25) is 0 Å². The highest BCUT2D eigenvalue weighted by Crippen LogP contribution is 2.20. The number of aliphatic hydroxyl groups excluding tert-OH is 2. The van der Waals surface area contributed by atoms with Gasteiger partial charge in [0.1, 0.15) is 12.2 Å². The lowest BCUT2D eigenvalue weighted by Crippen LogP contribution is -2.39. The molecule has 0 aromatic heterocycles. The highest BCUT2D eigenvalue weighted by molar-refractivity contribution is 5.69. The van der Waals surface area contributed by atoms with Crippen molar-refractivity contribution in [3.05, 3.63) is 0 Å². The van der Waals surface area contributed by atoms with Crippen LogP contribution in [0.4, 0.5) is 0 Å². The van der Waals surface area contributed by atoms with Gasteiger partial charge >= 0.3 is 11.9 Å². The first-order valence-corrected chi connectivity index (χ1v) is 27.8. The molecule has 6 N–H and O–H groups in total. The number of carbonyl (C=O) groups excluding carboxylic acids is 2. The molecule has 0 heterocycles. The van der Waals surface area contributed by atoms with Gasteiger partial charge in [-0.1, -0.05) is 156 Å². The molecule has 64 heavy (non-hydrogen) atoms. The largest absolute Gasteiger partial charge is 0.462 e. The van der Waals surface area contributed by atoms with Gasteiger partial charge in [-0.25, -0.2) is 0 Å². The molecular weight excluding hydrogens is 801 g/mol. The Balaban J connectivity index is 4.90. The standard InChI is InChI=1S/C54H110N4O6/c1-5-9-13-17-21-25-35-51(36-26-22-18-14-10-6-2)63-53(61)39-29-31-41-57(47-49(59)45-55)43-33-34-44-58(48-50(60)46-56)42-32-30-40-54(62)64-52(37-27-23-19-15-11-7-3)38-28-24-20-16-12-8-4/h49-52,59-60H,5-48,55-56H2,1-4H3. The second-order valence-corrected chi connectivity index (χ2v) is 19.5. The van der Waals surface area contributed by atoms with Crippen molar-refractivity contribution >= 4 is 11.9 Å². The highest BCUT2D eigenvalue weighted by atomic mass is 16.5. The maximum Gasteiger partial charge on any atom is 0.306 e. The van der Waals surface area contributed by atoms with Crippen LogP contribution in [-0.2, 0) is 19.1 Å². The van der Waals surface area contributed by atoms with Crippen LogP contribution in [0.3, 0.4) is 0 Å². The van der Waals surface area contributed by atoms with E-state index in [1.807, 2.05) is 0 Å². The molecule has 0 aromatic carbocycles. The molecular formula is C54H110N4O6. The fraction of sp³-hybridized carbons (Fsp3) is 0.963. The van der Waals surface area contributed by atoms with Gasteiger partial charge in [-0.3, -0.25) is 9.59 Å².